The van der Waals surface area contributed by atoms with Crippen molar-refractivity contribution in [1.82, 2.24) is 5.32 Å². The van der Waals surface area contributed by atoms with Crippen LogP contribution < -0.4 is 10.6 Å². The van der Waals surface area contributed by atoms with Crippen molar-refractivity contribution in [2.75, 3.05) is 31.6 Å². The number of hydrogen-bond acceptors (Lipinski definition) is 3. The van der Waals surface area contributed by atoms with Crippen molar-refractivity contribution < 1.29 is 4.74 Å². The number of hydrogen-bond donors (Lipinski definition) is 2. The Balaban J connectivity index is 1.55. The van der Waals surface area contributed by atoms with Crippen LogP contribution in [0.25, 0.3) is 0 Å². The van der Waals surface area contributed by atoms with Crippen molar-refractivity contribution >= 4 is 5.69 Å². The molecule has 1 heterocycles. The molecule has 0 aromatic heterocycles. The summed E-state index contributed by atoms with van der Waals surface area (Å²) in [5.74, 6) is 0.687. The van der Waals surface area contributed by atoms with Gasteiger partial charge in [-0.25, -0.2) is 0 Å². The fourth-order valence-electron chi connectivity index (χ4n) is 2.18. The van der Waals surface area contributed by atoms with Crippen LogP contribution in [0.2, 0.25) is 0 Å². The van der Waals surface area contributed by atoms with Gasteiger partial charge in [0.05, 0.1) is 6.10 Å². The first-order valence-corrected chi connectivity index (χ1v) is 6.47. The predicted molar refractivity (Wildman–Crippen MR) is 71.3 cm³/mol. The number of anilines is 1. The van der Waals surface area contributed by atoms with E-state index in [-0.39, 0.29) is 0 Å². The maximum Gasteiger partial charge on any atom is 0.0588 e. The molecular formula is C14H22N2O. The molecule has 0 aliphatic carbocycles. The van der Waals surface area contributed by atoms with Crippen LogP contribution in [-0.2, 0) is 4.74 Å². The number of ether oxygens (including phenoxy) is 1. The molecule has 1 aromatic carbocycles. The third-order valence-electron chi connectivity index (χ3n) is 3.34. The van der Waals surface area contributed by atoms with Crippen LogP contribution in [0.15, 0.2) is 30.3 Å². The molecule has 2 N–H and O–H groups in total. The molecule has 0 amide bonds. The van der Waals surface area contributed by atoms with Crippen molar-refractivity contribution in [3.8, 4) is 0 Å². The van der Waals surface area contributed by atoms with Crippen LogP contribution in [-0.4, -0.2) is 32.3 Å². The number of para-hydroxylation sites is 1. The van der Waals surface area contributed by atoms with Crippen molar-refractivity contribution in [3.05, 3.63) is 30.3 Å². The lowest BCUT2D eigenvalue weighted by Crippen LogP contribution is -2.30. The van der Waals surface area contributed by atoms with Crippen molar-refractivity contribution in [3.63, 3.8) is 0 Å². The highest BCUT2D eigenvalue weighted by atomic mass is 16.5. The van der Waals surface area contributed by atoms with Gasteiger partial charge in [0.1, 0.15) is 0 Å². The van der Waals surface area contributed by atoms with Crippen LogP contribution in [0.1, 0.15) is 13.3 Å². The summed E-state index contributed by atoms with van der Waals surface area (Å²) in [4.78, 5) is 0. The van der Waals surface area contributed by atoms with Crippen LogP contribution in [0.4, 0.5) is 5.69 Å². The monoisotopic (exact) mass is 234 g/mol. The summed E-state index contributed by atoms with van der Waals surface area (Å²) in [6.07, 6.45) is 1.62. The predicted octanol–water partition coefficient (Wildman–Crippen LogP) is 2.11. The highest BCUT2D eigenvalue weighted by Crippen LogP contribution is 2.18. The van der Waals surface area contributed by atoms with Crippen LogP contribution in [0.3, 0.4) is 0 Å². The smallest absolute Gasteiger partial charge is 0.0588 e. The van der Waals surface area contributed by atoms with E-state index in [1.165, 1.54) is 12.1 Å². The summed E-state index contributed by atoms with van der Waals surface area (Å²) in [5, 5.41) is 6.87. The van der Waals surface area contributed by atoms with E-state index in [1.54, 1.807) is 0 Å². The maximum absolute atomic E-state index is 5.54. The Kier molecular flexibility index (Phi) is 4.83. The summed E-state index contributed by atoms with van der Waals surface area (Å²) in [7, 11) is 0. The molecule has 1 aliphatic rings. The quantitative estimate of drug-likeness (QED) is 0.740. The fourth-order valence-corrected chi connectivity index (χ4v) is 2.18. The molecule has 1 fully saturated rings. The van der Waals surface area contributed by atoms with Gasteiger partial charge in [-0.05, 0) is 31.4 Å². The lowest BCUT2D eigenvalue weighted by molar-refractivity contribution is 0.105. The molecule has 1 aliphatic heterocycles. The Morgan fingerprint density at radius 1 is 1.24 bits per heavy atom. The molecular weight excluding hydrogens is 212 g/mol. The Bertz CT molecular complexity index is 315. The van der Waals surface area contributed by atoms with Gasteiger partial charge in [0.2, 0.25) is 0 Å². The van der Waals surface area contributed by atoms with Crippen molar-refractivity contribution in [2.45, 2.75) is 19.4 Å². The van der Waals surface area contributed by atoms with E-state index >= 15 is 0 Å². The minimum absolute atomic E-state index is 0.421. The third-order valence-corrected chi connectivity index (χ3v) is 3.34. The molecule has 2 rings (SSSR count). The number of rotatable bonds is 6. The zero-order chi connectivity index (χ0) is 11.9. The molecule has 1 saturated heterocycles. The lowest BCUT2D eigenvalue weighted by atomic mass is 10.0. The average Bonchev–Trinajstić information content (AvgIpc) is 2.76. The van der Waals surface area contributed by atoms with Gasteiger partial charge in [-0.3, -0.25) is 0 Å². The molecule has 0 radical (unpaired) electrons. The molecule has 94 valence electrons. The van der Waals surface area contributed by atoms with Crippen LogP contribution >= 0.6 is 0 Å². The lowest BCUT2D eigenvalue weighted by Gasteiger charge is -2.15. The Labute approximate surface area is 104 Å². The van der Waals surface area contributed by atoms with E-state index in [1.807, 2.05) is 18.2 Å². The molecule has 3 heteroatoms. The molecule has 17 heavy (non-hydrogen) atoms. The Morgan fingerprint density at radius 2 is 2.06 bits per heavy atom. The van der Waals surface area contributed by atoms with Gasteiger partial charge in [0.15, 0.2) is 0 Å². The summed E-state index contributed by atoms with van der Waals surface area (Å²) < 4.78 is 5.54. The standard InChI is InChI=1S/C14H22N2O/c1-12-13(7-10-17-12)11-15-8-9-16-14-5-3-2-4-6-14/h2-6,12-13,15-16H,7-11H2,1H3. The number of nitrogens with one attached hydrogen (secondary N) is 2. The molecule has 1 aromatic rings. The van der Waals surface area contributed by atoms with E-state index in [9.17, 15) is 0 Å². The normalized spacial score (nSPS) is 23.8. The van der Waals surface area contributed by atoms with Gasteiger partial charge < -0.3 is 15.4 Å². The summed E-state index contributed by atoms with van der Waals surface area (Å²) in [6.45, 7) is 6.12. The van der Waals surface area contributed by atoms with Crippen molar-refractivity contribution in [1.29, 1.82) is 0 Å². The van der Waals surface area contributed by atoms with E-state index in [2.05, 4.69) is 29.7 Å². The van der Waals surface area contributed by atoms with E-state index < -0.39 is 0 Å². The van der Waals surface area contributed by atoms with E-state index in [0.29, 0.717) is 12.0 Å². The van der Waals surface area contributed by atoms with Gasteiger partial charge in [-0.15, -0.1) is 0 Å². The second kappa shape index (κ2) is 6.62. The zero-order valence-corrected chi connectivity index (χ0v) is 10.5. The molecule has 2 unspecified atom stereocenters. The SMILES string of the molecule is CC1OCCC1CNCCNc1ccccc1. The second-order valence-electron chi connectivity index (χ2n) is 4.62. The highest BCUT2D eigenvalue weighted by Gasteiger charge is 2.23. The highest BCUT2D eigenvalue weighted by molar-refractivity contribution is 5.42. The summed E-state index contributed by atoms with van der Waals surface area (Å²) in [6, 6.07) is 10.3. The Morgan fingerprint density at radius 3 is 2.76 bits per heavy atom. The van der Waals surface area contributed by atoms with Gasteiger partial charge in [-0.1, -0.05) is 18.2 Å². The molecule has 3 nitrogen and oxygen atoms in total. The molecule has 0 spiro atoms. The Hall–Kier alpha value is -1.06. The third kappa shape index (κ3) is 4.02. The molecule has 0 bridgehead atoms. The zero-order valence-electron chi connectivity index (χ0n) is 10.5. The summed E-state index contributed by atoms with van der Waals surface area (Å²) in [5.41, 5.74) is 1.19. The minimum atomic E-state index is 0.421. The van der Waals surface area contributed by atoms with E-state index in [4.69, 9.17) is 4.74 Å². The second-order valence-corrected chi connectivity index (χ2v) is 4.62. The number of benzene rings is 1. The van der Waals surface area contributed by atoms with Gasteiger partial charge >= 0.3 is 0 Å². The van der Waals surface area contributed by atoms with Crippen LogP contribution in [0.5, 0.6) is 0 Å². The van der Waals surface area contributed by atoms with Crippen LogP contribution in [0, 0.1) is 5.92 Å². The first kappa shape index (κ1) is 12.4. The molecule has 2 atom stereocenters. The van der Waals surface area contributed by atoms with Crippen molar-refractivity contribution in [2.24, 2.45) is 5.92 Å². The van der Waals surface area contributed by atoms with Gasteiger partial charge in [0, 0.05) is 31.9 Å². The first-order valence-electron chi connectivity index (χ1n) is 6.47. The van der Waals surface area contributed by atoms with E-state index in [0.717, 1.165) is 26.2 Å². The average molecular weight is 234 g/mol. The minimum Gasteiger partial charge on any atom is -0.384 e. The fraction of sp³-hybridized carbons (Fsp3) is 0.571. The first-order chi connectivity index (χ1) is 8.36. The topological polar surface area (TPSA) is 33.3 Å². The largest absolute Gasteiger partial charge is 0.384 e. The van der Waals surface area contributed by atoms with Gasteiger partial charge in [0.25, 0.3) is 0 Å². The maximum atomic E-state index is 5.54. The molecule has 0 saturated carbocycles. The summed E-state index contributed by atoms with van der Waals surface area (Å²) >= 11 is 0. The van der Waals surface area contributed by atoms with Gasteiger partial charge in [-0.2, -0.15) is 0 Å².